The van der Waals surface area contributed by atoms with Gasteiger partial charge in [-0.3, -0.25) is 4.79 Å². The Morgan fingerprint density at radius 3 is 2.59 bits per heavy atom. The number of rotatable bonds is 5. The zero-order valence-corrected chi connectivity index (χ0v) is 16.0. The molecule has 6 heteroatoms. The molecule has 142 valence electrons. The first-order chi connectivity index (χ1) is 12.8. The highest BCUT2D eigenvalue weighted by atomic mass is 32.2. The molecule has 0 saturated carbocycles. The van der Waals surface area contributed by atoms with Gasteiger partial charge in [-0.05, 0) is 42.7 Å². The SMILES string of the molecule is Cc1ccc(/C=C/C(=O)N(Cc2cccc(F)c2)C2CCS(=O)(=O)C2)cc1. The zero-order chi connectivity index (χ0) is 19.4. The first-order valence-electron chi connectivity index (χ1n) is 8.83. The standard InChI is InChI=1S/C21H22FNO3S/c1-16-5-7-17(8-6-16)9-10-21(24)23(20-11-12-27(25,26)15-20)14-18-3-2-4-19(22)13-18/h2-10,13,20H,11-12,14-15H2,1H3/b10-9+. The molecule has 0 spiro atoms. The van der Waals surface area contributed by atoms with Crippen molar-refractivity contribution >= 4 is 21.8 Å². The van der Waals surface area contributed by atoms with Crippen molar-refractivity contribution in [1.82, 2.24) is 4.90 Å². The van der Waals surface area contributed by atoms with E-state index >= 15 is 0 Å². The second kappa shape index (κ2) is 8.05. The van der Waals surface area contributed by atoms with Crippen molar-refractivity contribution in [3.63, 3.8) is 0 Å². The summed E-state index contributed by atoms with van der Waals surface area (Å²) in [6.07, 6.45) is 3.57. The Morgan fingerprint density at radius 1 is 1.22 bits per heavy atom. The summed E-state index contributed by atoms with van der Waals surface area (Å²) in [5.41, 5.74) is 2.65. The lowest BCUT2D eigenvalue weighted by atomic mass is 10.1. The number of sulfone groups is 1. The Labute approximate surface area is 159 Å². The normalized spacial score (nSPS) is 18.7. The van der Waals surface area contributed by atoms with Crippen LogP contribution in [0.4, 0.5) is 4.39 Å². The Hall–Kier alpha value is -2.47. The van der Waals surface area contributed by atoms with E-state index in [2.05, 4.69) is 0 Å². The molecule has 0 aliphatic carbocycles. The number of hydrogen-bond donors (Lipinski definition) is 0. The molecule has 0 aromatic heterocycles. The molecule has 1 unspecified atom stereocenters. The summed E-state index contributed by atoms with van der Waals surface area (Å²) in [5, 5.41) is 0. The number of hydrogen-bond acceptors (Lipinski definition) is 3. The Balaban J connectivity index is 1.81. The molecular weight excluding hydrogens is 365 g/mol. The summed E-state index contributed by atoms with van der Waals surface area (Å²) in [4.78, 5) is 14.4. The van der Waals surface area contributed by atoms with Crippen molar-refractivity contribution in [3.05, 3.63) is 77.1 Å². The molecule has 27 heavy (non-hydrogen) atoms. The van der Waals surface area contributed by atoms with Crippen molar-refractivity contribution in [1.29, 1.82) is 0 Å². The molecule has 1 fully saturated rings. The summed E-state index contributed by atoms with van der Waals surface area (Å²) >= 11 is 0. The lowest BCUT2D eigenvalue weighted by Gasteiger charge is -2.27. The van der Waals surface area contributed by atoms with Crippen molar-refractivity contribution in [3.8, 4) is 0 Å². The smallest absolute Gasteiger partial charge is 0.247 e. The number of carbonyl (C=O) groups is 1. The van der Waals surface area contributed by atoms with E-state index in [-0.39, 0.29) is 29.8 Å². The highest BCUT2D eigenvalue weighted by Crippen LogP contribution is 2.21. The van der Waals surface area contributed by atoms with Crippen molar-refractivity contribution in [2.24, 2.45) is 0 Å². The Bertz CT molecular complexity index is 952. The van der Waals surface area contributed by atoms with Gasteiger partial charge < -0.3 is 4.90 Å². The van der Waals surface area contributed by atoms with E-state index in [0.29, 0.717) is 12.0 Å². The maximum Gasteiger partial charge on any atom is 0.247 e. The predicted octanol–water partition coefficient (Wildman–Crippen LogP) is 3.36. The van der Waals surface area contributed by atoms with Gasteiger partial charge in [-0.25, -0.2) is 12.8 Å². The van der Waals surface area contributed by atoms with Crippen LogP contribution >= 0.6 is 0 Å². The van der Waals surface area contributed by atoms with Gasteiger partial charge in [0.2, 0.25) is 5.91 Å². The van der Waals surface area contributed by atoms with Gasteiger partial charge in [0.15, 0.2) is 9.84 Å². The molecule has 0 bridgehead atoms. The van der Waals surface area contributed by atoms with Crippen LogP contribution in [-0.4, -0.2) is 36.8 Å². The minimum Gasteiger partial charge on any atom is -0.331 e. The predicted molar refractivity (Wildman–Crippen MR) is 104 cm³/mol. The molecule has 4 nitrogen and oxygen atoms in total. The van der Waals surface area contributed by atoms with Gasteiger partial charge in [-0.1, -0.05) is 42.0 Å². The van der Waals surface area contributed by atoms with Crippen LogP contribution in [0.1, 0.15) is 23.1 Å². The average molecular weight is 387 g/mol. The third-order valence-corrected chi connectivity index (χ3v) is 6.42. The van der Waals surface area contributed by atoms with E-state index < -0.39 is 15.9 Å². The van der Waals surface area contributed by atoms with Crippen LogP contribution in [0.5, 0.6) is 0 Å². The molecule has 2 aromatic rings. The van der Waals surface area contributed by atoms with E-state index in [1.54, 1.807) is 18.2 Å². The van der Waals surface area contributed by atoms with Crippen LogP contribution in [0.25, 0.3) is 6.08 Å². The third-order valence-electron chi connectivity index (χ3n) is 4.67. The molecule has 1 atom stereocenters. The number of carbonyl (C=O) groups excluding carboxylic acids is 1. The van der Waals surface area contributed by atoms with Gasteiger partial charge in [0, 0.05) is 18.7 Å². The molecule has 0 radical (unpaired) electrons. The summed E-state index contributed by atoms with van der Waals surface area (Å²) in [7, 11) is -3.14. The number of nitrogens with zero attached hydrogens (tertiary/aromatic N) is 1. The molecular formula is C21H22FNO3S. The second-order valence-corrected chi connectivity index (χ2v) is 9.13. The quantitative estimate of drug-likeness (QED) is 0.739. The molecule has 2 aromatic carbocycles. The van der Waals surface area contributed by atoms with E-state index in [9.17, 15) is 17.6 Å². The van der Waals surface area contributed by atoms with Crippen LogP contribution in [0, 0.1) is 12.7 Å². The third kappa shape index (κ3) is 5.26. The second-order valence-electron chi connectivity index (χ2n) is 6.90. The van der Waals surface area contributed by atoms with E-state index in [1.807, 2.05) is 31.2 Å². The van der Waals surface area contributed by atoms with Crippen molar-refractivity contribution in [2.75, 3.05) is 11.5 Å². The molecule has 0 N–H and O–H groups in total. The molecule has 3 rings (SSSR count). The maximum atomic E-state index is 13.5. The molecule has 1 amide bonds. The molecule has 1 aliphatic heterocycles. The summed E-state index contributed by atoms with van der Waals surface area (Å²) in [5.74, 6) is -0.630. The number of benzene rings is 2. The zero-order valence-electron chi connectivity index (χ0n) is 15.1. The summed E-state index contributed by atoms with van der Waals surface area (Å²) < 4.78 is 37.2. The highest BCUT2D eigenvalue weighted by Gasteiger charge is 2.34. The number of amides is 1. The van der Waals surface area contributed by atoms with Crippen molar-refractivity contribution < 1.29 is 17.6 Å². The van der Waals surface area contributed by atoms with E-state index in [1.165, 1.54) is 23.1 Å². The van der Waals surface area contributed by atoms with Gasteiger partial charge in [0.25, 0.3) is 0 Å². The largest absolute Gasteiger partial charge is 0.331 e. The number of halogens is 1. The minimum absolute atomic E-state index is 0.0492. The minimum atomic E-state index is -3.14. The fourth-order valence-electron chi connectivity index (χ4n) is 3.18. The van der Waals surface area contributed by atoms with Crippen LogP contribution in [0.15, 0.2) is 54.6 Å². The van der Waals surface area contributed by atoms with Crippen LogP contribution < -0.4 is 0 Å². The van der Waals surface area contributed by atoms with Gasteiger partial charge in [-0.2, -0.15) is 0 Å². The molecule has 1 saturated heterocycles. The van der Waals surface area contributed by atoms with Gasteiger partial charge >= 0.3 is 0 Å². The lowest BCUT2D eigenvalue weighted by molar-refractivity contribution is -0.128. The number of aryl methyl sites for hydroxylation is 1. The highest BCUT2D eigenvalue weighted by molar-refractivity contribution is 7.91. The van der Waals surface area contributed by atoms with Crippen molar-refractivity contribution in [2.45, 2.75) is 25.9 Å². The van der Waals surface area contributed by atoms with Crippen LogP contribution in [-0.2, 0) is 21.2 Å². The maximum absolute atomic E-state index is 13.5. The monoisotopic (exact) mass is 387 g/mol. The van der Waals surface area contributed by atoms with E-state index in [4.69, 9.17) is 0 Å². The topological polar surface area (TPSA) is 54.5 Å². The fourth-order valence-corrected chi connectivity index (χ4v) is 4.91. The van der Waals surface area contributed by atoms with Gasteiger partial charge in [0.05, 0.1) is 11.5 Å². The summed E-state index contributed by atoms with van der Waals surface area (Å²) in [6, 6.07) is 13.4. The lowest BCUT2D eigenvalue weighted by Crippen LogP contribution is -2.39. The Kier molecular flexibility index (Phi) is 5.75. The first kappa shape index (κ1) is 19.3. The Morgan fingerprint density at radius 2 is 1.96 bits per heavy atom. The van der Waals surface area contributed by atoms with Gasteiger partial charge in [-0.15, -0.1) is 0 Å². The van der Waals surface area contributed by atoms with Crippen LogP contribution in [0.2, 0.25) is 0 Å². The fraction of sp³-hybridized carbons (Fsp3) is 0.286. The molecule has 1 heterocycles. The first-order valence-corrected chi connectivity index (χ1v) is 10.6. The summed E-state index contributed by atoms with van der Waals surface area (Å²) in [6.45, 7) is 2.16. The average Bonchev–Trinajstić information content (AvgIpc) is 2.98. The molecule has 1 aliphatic rings. The van der Waals surface area contributed by atoms with Gasteiger partial charge in [0.1, 0.15) is 5.82 Å². The van der Waals surface area contributed by atoms with E-state index in [0.717, 1.165) is 11.1 Å². The van der Waals surface area contributed by atoms with Crippen LogP contribution in [0.3, 0.4) is 0 Å².